The van der Waals surface area contributed by atoms with Crippen molar-refractivity contribution >= 4 is 22.6 Å². The van der Waals surface area contributed by atoms with E-state index in [1.807, 2.05) is 31.2 Å². The maximum absolute atomic E-state index is 10.7. The van der Waals surface area contributed by atoms with Gasteiger partial charge in [-0.1, -0.05) is 18.2 Å². The van der Waals surface area contributed by atoms with Crippen molar-refractivity contribution in [3.63, 3.8) is 0 Å². The monoisotopic (exact) mass is 230 g/mol. The molecule has 2 rings (SSSR count). The van der Waals surface area contributed by atoms with Crippen molar-refractivity contribution in [1.82, 2.24) is 4.98 Å². The predicted molar refractivity (Wildman–Crippen MR) is 67.4 cm³/mol. The van der Waals surface area contributed by atoms with E-state index in [4.69, 9.17) is 5.11 Å². The molecule has 0 radical (unpaired) electrons. The van der Waals surface area contributed by atoms with Crippen LogP contribution in [0.4, 0.5) is 5.82 Å². The van der Waals surface area contributed by atoms with E-state index in [9.17, 15) is 4.79 Å². The number of carboxylic acids is 1. The molecule has 0 amide bonds. The highest BCUT2D eigenvalue weighted by Crippen LogP contribution is 2.25. The summed E-state index contributed by atoms with van der Waals surface area (Å²) >= 11 is 0. The maximum atomic E-state index is 10.7. The number of nitrogens with zero attached hydrogens (tertiary/aromatic N) is 2. The first-order valence-electron chi connectivity index (χ1n) is 5.37. The van der Waals surface area contributed by atoms with E-state index in [0.717, 1.165) is 16.3 Å². The minimum atomic E-state index is -0.862. The van der Waals surface area contributed by atoms with E-state index in [1.165, 1.54) is 0 Å². The Labute approximate surface area is 99.5 Å². The van der Waals surface area contributed by atoms with E-state index in [1.54, 1.807) is 18.1 Å². The Morgan fingerprint density at radius 3 is 2.82 bits per heavy atom. The summed E-state index contributed by atoms with van der Waals surface area (Å²) in [6.45, 7) is 1.98. The first-order chi connectivity index (χ1) is 8.09. The summed E-state index contributed by atoms with van der Waals surface area (Å²) in [5.74, 6) is -0.160. The highest BCUT2D eigenvalue weighted by Gasteiger charge is 2.10. The Bertz CT molecular complexity index is 566. The van der Waals surface area contributed by atoms with Gasteiger partial charge in [0.05, 0.1) is 0 Å². The maximum Gasteiger partial charge on any atom is 0.323 e. The molecule has 1 aromatic heterocycles. The van der Waals surface area contributed by atoms with Gasteiger partial charge in [0.25, 0.3) is 0 Å². The molecule has 1 N–H and O–H groups in total. The van der Waals surface area contributed by atoms with Crippen molar-refractivity contribution in [1.29, 1.82) is 0 Å². The average molecular weight is 230 g/mol. The molecule has 0 aliphatic rings. The van der Waals surface area contributed by atoms with Crippen LogP contribution in [-0.2, 0) is 4.79 Å². The number of aliphatic carboxylic acids is 1. The number of fused-ring (bicyclic) bond motifs is 1. The van der Waals surface area contributed by atoms with E-state index in [0.29, 0.717) is 5.82 Å². The first kappa shape index (κ1) is 11.4. The molecule has 2 aromatic rings. The van der Waals surface area contributed by atoms with Gasteiger partial charge in [0.15, 0.2) is 0 Å². The Balaban J connectivity index is 2.54. The second-order valence-electron chi connectivity index (χ2n) is 4.05. The average Bonchev–Trinajstić information content (AvgIpc) is 2.28. The van der Waals surface area contributed by atoms with Crippen molar-refractivity contribution < 1.29 is 9.90 Å². The number of hydrogen-bond donors (Lipinski definition) is 1. The lowest BCUT2D eigenvalue weighted by atomic mass is 10.1. The lowest BCUT2D eigenvalue weighted by Crippen LogP contribution is -2.26. The molecule has 0 fully saturated rings. The number of rotatable bonds is 3. The van der Waals surface area contributed by atoms with Gasteiger partial charge in [-0.15, -0.1) is 0 Å². The van der Waals surface area contributed by atoms with Crippen LogP contribution < -0.4 is 4.90 Å². The predicted octanol–water partition coefficient (Wildman–Crippen LogP) is 2.06. The summed E-state index contributed by atoms with van der Waals surface area (Å²) in [4.78, 5) is 16.6. The van der Waals surface area contributed by atoms with Crippen molar-refractivity contribution in [3.8, 4) is 0 Å². The number of likely N-dealkylation sites (N-methyl/N-ethyl adjacent to an activating group) is 1. The third kappa shape index (κ3) is 2.20. The van der Waals surface area contributed by atoms with Gasteiger partial charge in [-0.2, -0.15) is 0 Å². The van der Waals surface area contributed by atoms with Crippen LogP contribution in [0.1, 0.15) is 5.56 Å². The number of carbonyl (C=O) groups is 1. The molecule has 17 heavy (non-hydrogen) atoms. The second-order valence-corrected chi connectivity index (χ2v) is 4.05. The van der Waals surface area contributed by atoms with Gasteiger partial charge < -0.3 is 10.0 Å². The van der Waals surface area contributed by atoms with E-state index in [2.05, 4.69) is 4.98 Å². The number of aryl methyl sites for hydroxylation is 1. The molecule has 0 aliphatic heterocycles. The molecular formula is C13H14N2O2. The fourth-order valence-corrected chi connectivity index (χ4v) is 1.93. The Morgan fingerprint density at radius 2 is 2.12 bits per heavy atom. The van der Waals surface area contributed by atoms with Crippen LogP contribution in [0.15, 0.2) is 30.5 Å². The van der Waals surface area contributed by atoms with Gasteiger partial charge in [0.1, 0.15) is 12.4 Å². The van der Waals surface area contributed by atoms with Crippen LogP contribution in [-0.4, -0.2) is 29.7 Å². The lowest BCUT2D eigenvalue weighted by Gasteiger charge is -2.17. The molecular weight excluding hydrogens is 216 g/mol. The Hall–Kier alpha value is -2.10. The highest BCUT2D eigenvalue weighted by atomic mass is 16.4. The van der Waals surface area contributed by atoms with E-state index in [-0.39, 0.29) is 6.54 Å². The van der Waals surface area contributed by atoms with E-state index < -0.39 is 5.97 Å². The molecule has 0 atom stereocenters. The zero-order valence-corrected chi connectivity index (χ0v) is 9.84. The van der Waals surface area contributed by atoms with Crippen LogP contribution in [0.2, 0.25) is 0 Å². The van der Waals surface area contributed by atoms with E-state index >= 15 is 0 Å². The number of aromatic nitrogens is 1. The molecule has 4 heteroatoms. The fraction of sp³-hybridized carbons (Fsp3) is 0.231. The number of hydrogen-bond acceptors (Lipinski definition) is 3. The third-order valence-corrected chi connectivity index (χ3v) is 2.74. The summed E-state index contributed by atoms with van der Waals surface area (Å²) < 4.78 is 0. The van der Waals surface area contributed by atoms with Crippen LogP contribution in [0.5, 0.6) is 0 Å². The Kier molecular flexibility index (Phi) is 2.95. The molecule has 0 spiro atoms. The van der Waals surface area contributed by atoms with Crippen LogP contribution in [0.3, 0.4) is 0 Å². The highest BCUT2D eigenvalue weighted by molar-refractivity contribution is 5.94. The smallest absolute Gasteiger partial charge is 0.323 e. The van der Waals surface area contributed by atoms with Crippen molar-refractivity contribution in [3.05, 3.63) is 36.0 Å². The lowest BCUT2D eigenvalue weighted by molar-refractivity contribution is -0.135. The van der Waals surface area contributed by atoms with Gasteiger partial charge in [-0.3, -0.25) is 4.79 Å². The topological polar surface area (TPSA) is 53.4 Å². The quantitative estimate of drug-likeness (QED) is 0.877. The summed E-state index contributed by atoms with van der Waals surface area (Å²) in [6, 6.07) is 7.90. The fourth-order valence-electron chi connectivity index (χ4n) is 1.93. The summed E-state index contributed by atoms with van der Waals surface area (Å²) in [5, 5.41) is 10.9. The molecule has 0 bridgehead atoms. The van der Waals surface area contributed by atoms with Gasteiger partial charge in [0.2, 0.25) is 0 Å². The van der Waals surface area contributed by atoms with Gasteiger partial charge >= 0.3 is 5.97 Å². The minimum absolute atomic E-state index is 0.0555. The van der Waals surface area contributed by atoms with Crippen molar-refractivity contribution in [2.24, 2.45) is 0 Å². The van der Waals surface area contributed by atoms with Crippen molar-refractivity contribution in [2.75, 3.05) is 18.5 Å². The van der Waals surface area contributed by atoms with Gasteiger partial charge in [-0.05, 0) is 23.9 Å². The molecule has 0 saturated carbocycles. The second kappa shape index (κ2) is 4.41. The summed E-state index contributed by atoms with van der Waals surface area (Å²) in [6.07, 6.45) is 1.71. The van der Waals surface area contributed by atoms with Crippen LogP contribution >= 0.6 is 0 Å². The largest absolute Gasteiger partial charge is 0.480 e. The van der Waals surface area contributed by atoms with Gasteiger partial charge in [-0.25, -0.2) is 4.98 Å². The molecule has 1 heterocycles. The molecule has 0 unspecified atom stereocenters. The molecule has 1 aromatic carbocycles. The van der Waals surface area contributed by atoms with Crippen LogP contribution in [0, 0.1) is 6.92 Å². The number of carboxylic acid groups (broad SMARTS) is 1. The normalized spacial score (nSPS) is 10.5. The molecule has 4 nitrogen and oxygen atoms in total. The van der Waals surface area contributed by atoms with Crippen molar-refractivity contribution in [2.45, 2.75) is 6.92 Å². The molecule has 0 aliphatic carbocycles. The molecule has 88 valence electrons. The minimum Gasteiger partial charge on any atom is -0.480 e. The zero-order valence-electron chi connectivity index (χ0n) is 9.84. The standard InChI is InChI=1S/C13H14N2O2/c1-9-4-3-5-11-10(9)6-7-14-13(11)15(2)8-12(16)17/h3-7H,8H2,1-2H3,(H,16,17). The number of benzene rings is 1. The SMILES string of the molecule is Cc1cccc2c(N(C)CC(=O)O)nccc12. The van der Waals surface area contributed by atoms with Gasteiger partial charge in [0, 0.05) is 18.6 Å². The number of anilines is 1. The third-order valence-electron chi connectivity index (χ3n) is 2.74. The first-order valence-corrected chi connectivity index (χ1v) is 5.37. The summed E-state index contributed by atoms with van der Waals surface area (Å²) in [7, 11) is 1.73. The Morgan fingerprint density at radius 1 is 1.35 bits per heavy atom. The zero-order chi connectivity index (χ0) is 12.4. The number of pyridine rings is 1. The summed E-state index contributed by atoms with van der Waals surface area (Å²) in [5.41, 5.74) is 1.16. The van der Waals surface area contributed by atoms with Crippen LogP contribution in [0.25, 0.3) is 10.8 Å². The molecule has 0 saturated heterocycles.